The minimum Gasteiger partial charge on any atom is -0.481 e. The van der Waals surface area contributed by atoms with Crippen LogP contribution >= 0.6 is 0 Å². The Balaban J connectivity index is 1.30. The number of amides is 2. The smallest absolute Gasteiger partial charge is 0.407 e. The summed E-state index contributed by atoms with van der Waals surface area (Å²) in [5.41, 5.74) is 4.72. The molecule has 7 heteroatoms. The maximum Gasteiger partial charge on any atom is 0.407 e. The number of hydrogen-bond donors (Lipinski definition) is 3. The number of carboxylic acid groups (broad SMARTS) is 1. The predicted molar refractivity (Wildman–Crippen MR) is 133 cm³/mol. The number of benzene rings is 2. The van der Waals surface area contributed by atoms with Gasteiger partial charge in [-0.05, 0) is 46.9 Å². The van der Waals surface area contributed by atoms with Crippen molar-refractivity contribution in [3.05, 3.63) is 59.7 Å². The molecule has 1 saturated carbocycles. The van der Waals surface area contributed by atoms with Crippen molar-refractivity contribution in [2.24, 2.45) is 11.8 Å². The highest BCUT2D eigenvalue weighted by Crippen LogP contribution is 2.44. The van der Waals surface area contributed by atoms with Gasteiger partial charge in [-0.2, -0.15) is 0 Å². The summed E-state index contributed by atoms with van der Waals surface area (Å²) in [5, 5.41) is 14.7. The third kappa shape index (κ3) is 6.21. The summed E-state index contributed by atoms with van der Waals surface area (Å²) in [6, 6.07) is 16.4. The summed E-state index contributed by atoms with van der Waals surface area (Å²) < 4.78 is 5.71. The van der Waals surface area contributed by atoms with Gasteiger partial charge in [0.05, 0.1) is 0 Å². The first-order chi connectivity index (χ1) is 16.9. The summed E-state index contributed by atoms with van der Waals surface area (Å²) in [4.78, 5) is 36.0. The lowest BCUT2D eigenvalue weighted by molar-refractivity contribution is -0.138. The van der Waals surface area contributed by atoms with Crippen molar-refractivity contribution < 1.29 is 24.2 Å². The monoisotopic (exact) mass is 478 g/mol. The molecular formula is C28H34N2O5. The third-order valence-corrected chi connectivity index (χ3v) is 7.17. The Labute approximate surface area is 206 Å². The summed E-state index contributed by atoms with van der Waals surface area (Å²) >= 11 is 0. The van der Waals surface area contributed by atoms with Crippen LogP contribution in [0.1, 0.15) is 62.5 Å². The fraction of sp³-hybridized carbons (Fsp3) is 0.464. The van der Waals surface area contributed by atoms with Crippen LogP contribution in [-0.2, 0) is 14.3 Å². The van der Waals surface area contributed by atoms with Crippen LogP contribution in [0.25, 0.3) is 11.1 Å². The highest BCUT2D eigenvalue weighted by molar-refractivity contribution is 5.79. The second-order valence-corrected chi connectivity index (χ2v) is 9.83. The second kappa shape index (κ2) is 11.4. The van der Waals surface area contributed by atoms with Crippen LogP contribution in [0.2, 0.25) is 0 Å². The zero-order chi connectivity index (χ0) is 24.8. The normalized spacial score (nSPS) is 19.8. The number of carbonyl (C=O) groups is 3. The van der Waals surface area contributed by atoms with E-state index in [1.807, 2.05) is 24.3 Å². The van der Waals surface area contributed by atoms with E-state index in [9.17, 15) is 14.4 Å². The SMILES string of the molecule is CC(CNC(=O)C[C@H]1CCCC[C@H]1NC(=O)OCC1c2ccccc2-c2ccccc21)CC(=O)O. The van der Waals surface area contributed by atoms with Crippen molar-refractivity contribution in [2.45, 2.75) is 57.4 Å². The molecule has 0 heterocycles. The molecule has 35 heavy (non-hydrogen) atoms. The van der Waals surface area contributed by atoms with E-state index in [0.717, 1.165) is 25.7 Å². The van der Waals surface area contributed by atoms with Crippen molar-refractivity contribution in [3.63, 3.8) is 0 Å². The number of fused-ring (bicyclic) bond motifs is 3. The van der Waals surface area contributed by atoms with Crippen LogP contribution in [-0.4, -0.2) is 42.3 Å². The first-order valence-electron chi connectivity index (χ1n) is 12.5. The number of nitrogens with one attached hydrogen (secondary N) is 2. The van der Waals surface area contributed by atoms with E-state index < -0.39 is 12.1 Å². The molecule has 0 bridgehead atoms. The van der Waals surface area contributed by atoms with E-state index in [2.05, 4.69) is 34.9 Å². The van der Waals surface area contributed by atoms with E-state index in [4.69, 9.17) is 9.84 Å². The van der Waals surface area contributed by atoms with Gasteiger partial charge in [-0.1, -0.05) is 68.3 Å². The Morgan fingerprint density at radius 1 is 1.00 bits per heavy atom. The summed E-state index contributed by atoms with van der Waals surface area (Å²) in [5.74, 6) is -1.05. The van der Waals surface area contributed by atoms with Gasteiger partial charge in [0.2, 0.25) is 5.91 Å². The van der Waals surface area contributed by atoms with Crippen molar-refractivity contribution in [1.82, 2.24) is 10.6 Å². The molecule has 2 amide bonds. The summed E-state index contributed by atoms with van der Waals surface area (Å²) in [7, 11) is 0. The van der Waals surface area contributed by atoms with Crippen molar-refractivity contribution in [1.29, 1.82) is 0 Å². The maximum absolute atomic E-state index is 12.8. The highest BCUT2D eigenvalue weighted by Gasteiger charge is 2.31. The fourth-order valence-corrected chi connectivity index (χ4v) is 5.40. The first kappa shape index (κ1) is 24.8. The van der Waals surface area contributed by atoms with Crippen LogP contribution in [0, 0.1) is 11.8 Å². The molecule has 2 aromatic carbocycles. The number of alkyl carbamates (subject to hydrolysis) is 1. The van der Waals surface area contributed by atoms with Gasteiger partial charge in [0, 0.05) is 31.3 Å². The minimum absolute atomic E-state index is 0.00822. The van der Waals surface area contributed by atoms with E-state index in [-0.39, 0.29) is 42.7 Å². The summed E-state index contributed by atoms with van der Waals surface area (Å²) in [6.07, 6.45) is 3.60. The number of carbonyl (C=O) groups excluding carboxylic acids is 2. The number of carboxylic acids is 1. The Hall–Kier alpha value is -3.35. The molecule has 186 valence electrons. The van der Waals surface area contributed by atoms with E-state index in [1.54, 1.807) is 6.92 Å². The molecule has 0 aromatic heterocycles. The Morgan fingerprint density at radius 2 is 1.63 bits per heavy atom. The van der Waals surface area contributed by atoms with Crippen LogP contribution in [0.5, 0.6) is 0 Å². The van der Waals surface area contributed by atoms with Crippen LogP contribution < -0.4 is 10.6 Å². The molecule has 0 spiro atoms. The van der Waals surface area contributed by atoms with Gasteiger partial charge in [-0.25, -0.2) is 4.79 Å². The molecule has 1 unspecified atom stereocenters. The van der Waals surface area contributed by atoms with Crippen molar-refractivity contribution in [2.75, 3.05) is 13.2 Å². The zero-order valence-electron chi connectivity index (χ0n) is 20.2. The van der Waals surface area contributed by atoms with Gasteiger partial charge in [0.15, 0.2) is 0 Å². The quantitative estimate of drug-likeness (QED) is 0.485. The zero-order valence-corrected chi connectivity index (χ0v) is 20.2. The number of ether oxygens (including phenoxy) is 1. The Kier molecular flexibility index (Phi) is 8.06. The van der Waals surface area contributed by atoms with Gasteiger partial charge in [0.1, 0.15) is 6.61 Å². The van der Waals surface area contributed by atoms with Gasteiger partial charge >= 0.3 is 12.1 Å². The Bertz CT molecular complexity index is 1020. The lowest BCUT2D eigenvalue weighted by Crippen LogP contribution is -2.44. The third-order valence-electron chi connectivity index (χ3n) is 7.17. The minimum atomic E-state index is -0.869. The lowest BCUT2D eigenvalue weighted by atomic mass is 9.82. The fourth-order valence-electron chi connectivity index (χ4n) is 5.40. The maximum atomic E-state index is 12.8. The van der Waals surface area contributed by atoms with Crippen LogP contribution in [0.4, 0.5) is 4.79 Å². The van der Waals surface area contributed by atoms with Gasteiger partial charge in [0.25, 0.3) is 0 Å². The molecule has 0 saturated heterocycles. The van der Waals surface area contributed by atoms with Gasteiger partial charge in [-0.15, -0.1) is 0 Å². The lowest BCUT2D eigenvalue weighted by Gasteiger charge is -2.31. The van der Waals surface area contributed by atoms with Crippen molar-refractivity contribution >= 4 is 18.0 Å². The largest absolute Gasteiger partial charge is 0.481 e. The summed E-state index contributed by atoms with van der Waals surface area (Å²) in [6.45, 7) is 2.40. The molecule has 2 aliphatic rings. The molecule has 4 rings (SSSR count). The highest BCUT2D eigenvalue weighted by atomic mass is 16.5. The predicted octanol–water partition coefficient (Wildman–Crippen LogP) is 4.70. The van der Waals surface area contributed by atoms with E-state index in [0.29, 0.717) is 13.0 Å². The molecule has 3 N–H and O–H groups in total. The Morgan fingerprint density at radius 3 is 2.29 bits per heavy atom. The number of hydrogen-bond acceptors (Lipinski definition) is 4. The molecule has 7 nitrogen and oxygen atoms in total. The topological polar surface area (TPSA) is 105 Å². The van der Waals surface area contributed by atoms with Gasteiger partial charge < -0.3 is 20.5 Å². The molecule has 3 atom stereocenters. The average Bonchev–Trinajstić information content (AvgIpc) is 3.16. The molecular weight excluding hydrogens is 444 g/mol. The van der Waals surface area contributed by atoms with Crippen LogP contribution in [0.3, 0.4) is 0 Å². The molecule has 2 aromatic rings. The molecule has 2 aliphatic carbocycles. The van der Waals surface area contributed by atoms with Crippen LogP contribution in [0.15, 0.2) is 48.5 Å². The van der Waals surface area contributed by atoms with Gasteiger partial charge in [-0.3, -0.25) is 9.59 Å². The van der Waals surface area contributed by atoms with E-state index >= 15 is 0 Å². The first-order valence-corrected chi connectivity index (χ1v) is 12.5. The standard InChI is InChI=1S/C28H34N2O5/c1-18(14-27(32)33)16-29-26(31)15-19-8-2-7-13-25(19)30-28(34)35-17-24-22-11-5-3-9-20(22)21-10-4-6-12-23(21)24/h3-6,9-12,18-19,24-25H,2,7-8,13-17H2,1H3,(H,29,31)(H,30,34)(H,32,33)/t18?,19-,25-/m1/s1. The van der Waals surface area contributed by atoms with Crippen molar-refractivity contribution in [3.8, 4) is 11.1 Å². The molecule has 1 fully saturated rings. The average molecular weight is 479 g/mol. The number of rotatable bonds is 9. The second-order valence-electron chi connectivity index (χ2n) is 9.83. The molecule has 0 radical (unpaired) electrons. The van der Waals surface area contributed by atoms with E-state index in [1.165, 1.54) is 22.3 Å². The molecule has 0 aliphatic heterocycles. The number of aliphatic carboxylic acids is 1.